The highest BCUT2D eigenvalue weighted by Gasteiger charge is 2.23. The topological polar surface area (TPSA) is 26.3 Å². The minimum atomic E-state index is 0.00917. The molecule has 15 heavy (non-hydrogen) atoms. The van der Waals surface area contributed by atoms with Crippen LogP contribution in [-0.4, -0.2) is 11.9 Å². The molecule has 0 saturated carbocycles. The quantitative estimate of drug-likeness (QED) is 0.702. The second-order valence-electron chi connectivity index (χ2n) is 4.47. The fourth-order valence-corrected chi connectivity index (χ4v) is 1.86. The van der Waals surface area contributed by atoms with Crippen LogP contribution in [0, 0.1) is 0 Å². The third-order valence-corrected chi connectivity index (χ3v) is 2.77. The Morgan fingerprint density at radius 2 is 2.13 bits per heavy atom. The van der Waals surface area contributed by atoms with Crippen molar-refractivity contribution in [2.24, 2.45) is 0 Å². The average molecular weight is 204 g/mol. The molecule has 0 N–H and O–H groups in total. The van der Waals surface area contributed by atoms with Crippen molar-refractivity contribution in [3.63, 3.8) is 0 Å². The zero-order chi connectivity index (χ0) is 11.0. The van der Waals surface area contributed by atoms with Gasteiger partial charge in [0.15, 0.2) is 5.78 Å². The van der Waals surface area contributed by atoms with Gasteiger partial charge < -0.3 is 4.74 Å². The maximum Gasteiger partial charge on any atom is 0.170 e. The molecule has 0 fully saturated rings. The summed E-state index contributed by atoms with van der Waals surface area (Å²) in [6, 6.07) is 5.92. The van der Waals surface area contributed by atoms with Gasteiger partial charge in [0.1, 0.15) is 11.9 Å². The highest BCUT2D eigenvalue weighted by atomic mass is 16.5. The van der Waals surface area contributed by atoms with E-state index < -0.39 is 0 Å². The van der Waals surface area contributed by atoms with E-state index in [1.165, 1.54) is 5.56 Å². The maximum atomic E-state index is 11.8. The zero-order valence-corrected chi connectivity index (χ0v) is 9.41. The third-order valence-electron chi connectivity index (χ3n) is 2.77. The molecule has 1 heterocycles. The molecule has 1 atom stereocenters. The Bertz CT molecular complexity index is 394. The first-order chi connectivity index (χ1) is 7.08. The minimum Gasteiger partial charge on any atom is -0.489 e. The predicted octanol–water partition coefficient (Wildman–Crippen LogP) is 3.16. The normalized spacial score (nSPS) is 20.0. The lowest BCUT2D eigenvalue weighted by Gasteiger charge is -2.23. The number of ketones is 1. The lowest BCUT2D eigenvalue weighted by atomic mass is 9.95. The Balaban J connectivity index is 2.44. The first-order valence-corrected chi connectivity index (χ1v) is 5.41. The molecule has 2 heteroatoms. The van der Waals surface area contributed by atoms with Crippen LogP contribution in [0.5, 0.6) is 5.75 Å². The highest BCUT2D eigenvalue weighted by Crippen LogP contribution is 2.30. The van der Waals surface area contributed by atoms with Gasteiger partial charge in [0.25, 0.3) is 0 Å². The van der Waals surface area contributed by atoms with Crippen LogP contribution in [0.3, 0.4) is 0 Å². The van der Waals surface area contributed by atoms with Crippen LogP contribution in [0.15, 0.2) is 18.2 Å². The lowest BCUT2D eigenvalue weighted by Crippen LogP contribution is -2.24. The number of rotatable bonds is 1. The maximum absolute atomic E-state index is 11.8. The first kappa shape index (κ1) is 10.2. The molecule has 80 valence electrons. The number of hydrogen-bond donors (Lipinski definition) is 0. The fourth-order valence-electron chi connectivity index (χ4n) is 1.86. The van der Waals surface area contributed by atoms with Gasteiger partial charge in [-0.25, -0.2) is 0 Å². The van der Waals surface area contributed by atoms with Gasteiger partial charge >= 0.3 is 0 Å². The molecule has 1 aromatic carbocycles. The van der Waals surface area contributed by atoms with Gasteiger partial charge in [0.2, 0.25) is 0 Å². The molecule has 0 amide bonds. The van der Waals surface area contributed by atoms with E-state index in [1.54, 1.807) is 0 Å². The molecule has 0 aliphatic carbocycles. The monoisotopic (exact) mass is 204 g/mol. The Hall–Kier alpha value is -1.31. The van der Waals surface area contributed by atoms with Crippen molar-refractivity contribution in [2.75, 3.05) is 0 Å². The lowest BCUT2D eigenvalue weighted by molar-refractivity contribution is 0.0871. The molecular formula is C13H16O2. The summed E-state index contributed by atoms with van der Waals surface area (Å²) in [5.74, 6) is 1.39. The number of fused-ring (bicyclic) bond motifs is 1. The Labute approximate surface area is 90.3 Å². The summed E-state index contributed by atoms with van der Waals surface area (Å²) < 4.78 is 5.62. The largest absolute Gasteiger partial charge is 0.489 e. The molecule has 2 nitrogen and oxygen atoms in total. The van der Waals surface area contributed by atoms with E-state index in [0.29, 0.717) is 12.3 Å². The molecule has 2 rings (SSSR count). The van der Waals surface area contributed by atoms with Crippen LogP contribution in [0.2, 0.25) is 0 Å². The summed E-state index contributed by atoms with van der Waals surface area (Å²) in [7, 11) is 0. The van der Waals surface area contributed by atoms with Crippen LogP contribution in [0.25, 0.3) is 0 Å². The van der Waals surface area contributed by atoms with Crippen LogP contribution < -0.4 is 4.74 Å². The third kappa shape index (κ3) is 1.89. The van der Waals surface area contributed by atoms with Crippen molar-refractivity contribution in [2.45, 2.75) is 39.2 Å². The van der Waals surface area contributed by atoms with Crippen LogP contribution in [0.1, 0.15) is 49.0 Å². The Morgan fingerprint density at radius 1 is 1.40 bits per heavy atom. The first-order valence-electron chi connectivity index (χ1n) is 5.41. The molecule has 1 aliphatic rings. The van der Waals surface area contributed by atoms with Crippen LogP contribution in [-0.2, 0) is 0 Å². The van der Waals surface area contributed by atoms with E-state index in [0.717, 1.165) is 11.3 Å². The van der Waals surface area contributed by atoms with E-state index in [1.807, 2.05) is 25.1 Å². The second kappa shape index (κ2) is 3.69. The predicted molar refractivity (Wildman–Crippen MR) is 59.6 cm³/mol. The van der Waals surface area contributed by atoms with Crippen LogP contribution >= 0.6 is 0 Å². The number of carbonyl (C=O) groups is 1. The molecule has 0 saturated heterocycles. The molecule has 0 aromatic heterocycles. The standard InChI is InChI=1S/C13H16O2/c1-8(2)10-4-5-13-11(7-10)12(14)6-9(3)15-13/h4-5,7-9H,6H2,1-3H3. The summed E-state index contributed by atoms with van der Waals surface area (Å²) in [4.78, 5) is 11.8. The van der Waals surface area contributed by atoms with E-state index >= 15 is 0 Å². The molecule has 1 aliphatic heterocycles. The van der Waals surface area contributed by atoms with E-state index in [2.05, 4.69) is 13.8 Å². The van der Waals surface area contributed by atoms with Gasteiger partial charge in [-0.2, -0.15) is 0 Å². The minimum absolute atomic E-state index is 0.00917. The molecular weight excluding hydrogens is 188 g/mol. The van der Waals surface area contributed by atoms with Gasteiger partial charge in [0, 0.05) is 6.42 Å². The Morgan fingerprint density at radius 3 is 2.80 bits per heavy atom. The summed E-state index contributed by atoms with van der Waals surface area (Å²) in [5, 5.41) is 0. The molecule has 1 aromatic rings. The second-order valence-corrected chi connectivity index (χ2v) is 4.47. The van der Waals surface area contributed by atoms with Gasteiger partial charge in [0.05, 0.1) is 5.56 Å². The van der Waals surface area contributed by atoms with Crippen molar-refractivity contribution in [3.8, 4) is 5.75 Å². The summed E-state index contributed by atoms with van der Waals surface area (Å²) in [6.07, 6.45) is 0.504. The van der Waals surface area contributed by atoms with E-state index in [4.69, 9.17) is 4.74 Å². The van der Waals surface area contributed by atoms with Crippen molar-refractivity contribution in [1.82, 2.24) is 0 Å². The molecule has 0 spiro atoms. The van der Waals surface area contributed by atoms with E-state index in [-0.39, 0.29) is 11.9 Å². The number of benzene rings is 1. The number of carbonyl (C=O) groups excluding carboxylic acids is 1. The van der Waals surface area contributed by atoms with Crippen molar-refractivity contribution in [3.05, 3.63) is 29.3 Å². The van der Waals surface area contributed by atoms with E-state index in [9.17, 15) is 4.79 Å². The van der Waals surface area contributed by atoms with Gasteiger partial charge in [-0.15, -0.1) is 0 Å². The fraction of sp³-hybridized carbons (Fsp3) is 0.462. The summed E-state index contributed by atoms with van der Waals surface area (Å²) in [5.41, 5.74) is 1.94. The smallest absolute Gasteiger partial charge is 0.170 e. The SMILES string of the molecule is CC1CC(=O)c2cc(C(C)C)ccc2O1. The average Bonchev–Trinajstić information content (AvgIpc) is 2.16. The van der Waals surface area contributed by atoms with Crippen molar-refractivity contribution >= 4 is 5.78 Å². The van der Waals surface area contributed by atoms with Gasteiger partial charge in [-0.05, 0) is 30.5 Å². The summed E-state index contributed by atoms with van der Waals surface area (Å²) >= 11 is 0. The van der Waals surface area contributed by atoms with Crippen molar-refractivity contribution in [1.29, 1.82) is 0 Å². The number of ether oxygens (including phenoxy) is 1. The van der Waals surface area contributed by atoms with Crippen molar-refractivity contribution < 1.29 is 9.53 Å². The molecule has 0 bridgehead atoms. The summed E-state index contributed by atoms with van der Waals surface area (Å²) in [6.45, 7) is 6.17. The zero-order valence-electron chi connectivity index (χ0n) is 9.41. The van der Waals surface area contributed by atoms with Crippen LogP contribution in [0.4, 0.5) is 0 Å². The number of Topliss-reactive ketones (excluding diaryl/α,β-unsaturated/α-hetero) is 1. The Kier molecular flexibility index (Phi) is 2.51. The highest BCUT2D eigenvalue weighted by molar-refractivity contribution is 6.00. The molecule has 0 radical (unpaired) electrons. The molecule has 1 unspecified atom stereocenters. The number of hydrogen-bond acceptors (Lipinski definition) is 2. The van der Waals surface area contributed by atoms with Gasteiger partial charge in [-0.1, -0.05) is 19.9 Å². The van der Waals surface area contributed by atoms with Gasteiger partial charge in [-0.3, -0.25) is 4.79 Å².